The van der Waals surface area contributed by atoms with E-state index in [2.05, 4.69) is 13.5 Å². The van der Waals surface area contributed by atoms with Gasteiger partial charge in [-0.25, -0.2) is 0 Å². The van der Waals surface area contributed by atoms with Gasteiger partial charge in [0.1, 0.15) is 0 Å². The van der Waals surface area contributed by atoms with Crippen LogP contribution in [0.15, 0.2) is 12.7 Å². The van der Waals surface area contributed by atoms with Crippen molar-refractivity contribution in [2.75, 3.05) is 26.4 Å². The van der Waals surface area contributed by atoms with Crippen molar-refractivity contribution in [2.45, 2.75) is 26.2 Å². The van der Waals surface area contributed by atoms with Gasteiger partial charge in [-0.15, -0.1) is 6.58 Å². The van der Waals surface area contributed by atoms with Gasteiger partial charge in [-0.2, -0.15) is 0 Å². The third kappa shape index (κ3) is 9.66. The van der Waals surface area contributed by atoms with Crippen LogP contribution in [0.4, 0.5) is 0 Å². The zero-order valence-electron chi connectivity index (χ0n) is 8.05. The molecular formula is C10H20O2. The molecule has 0 unspecified atom stereocenters. The first-order chi connectivity index (χ1) is 5.91. The molecule has 72 valence electrons. The topological polar surface area (TPSA) is 18.5 Å². The molecule has 0 amide bonds. The Labute approximate surface area is 75.6 Å². The second-order valence-corrected chi connectivity index (χ2v) is 2.66. The third-order valence-corrected chi connectivity index (χ3v) is 1.48. The molecule has 2 heteroatoms. The van der Waals surface area contributed by atoms with Crippen LogP contribution in [0.25, 0.3) is 0 Å². The zero-order valence-corrected chi connectivity index (χ0v) is 8.05. The molecule has 0 fully saturated rings. The van der Waals surface area contributed by atoms with E-state index >= 15 is 0 Å². The number of hydrogen-bond acceptors (Lipinski definition) is 2. The van der Waals surface area contributed by atoms with Crippen LogP contribution in [-0.2, 0) is 9.47 Å². The molecule has 0 atom stereocenters. The minimum Gasteiger partial charge on any atom is -0.379 e. The maximum atomic E-state index is 5.30. The van der Waals surface area contributed by atoms with Crippen LogP contribution in [0, 0.1) is 0 Å². The standard InChI is InChI=1S/C10H20O2/c1-3-5-7-11-9-10-12-8-6-4-2/h3H,1,4-10H2,2H3. The number of unbranched alkanes of at least 4 members (excludes halogenated alkanes) is 1. The summed E-state index contributed by atoms with van der Waals surface area (Å²) in [6, 6.07) is 0. The molecule has 0 spiro atoms. The summed E-state index contributed by atoms with van der Waals surface area (Å²) in [5, 5.41) is 0. The summed E-state index contributed by atoms with van der Waals surface area (Å²) in [7, 11) is 0. The Balaban J connectivity index is 2.77. The van der Waals surface area contributed by atoms with Crippen molar-refractivity contribution in [3.8, 4) is 0 Å². The molecule has 0 bridgehead atoms. The van der Waals surface area contributed by atoms with Gasteiger partial charge in [0.05, 0.1) is 19.8 Å². The van der Waals surface area contributed by atoms with Gasteiger partial charge in [0.15, 0.2) is 0 Å². The Morgan fingerprint density at radius 2 is 1.75 bits per heavy atom. The Hall–Kier alpha value is -0.340. The molecular weight excluding hydrogens is 152 g/mol. The lowest BCUT2D eigenvalue weighted by atomic mass is 10.4. The van der Waals surface area contributed by atoms with Gasteiger partial charge < -0.3 is 9.47 Å². The van der Waals surface area contributed by atoms with E-state index in [1.165, 1.54) is 6.42 Å². The van der Waals surface area contributed by atoms with Gasteiger partial charge >= 0.3 is 0 Å². The van der Waals surface area contributed by atoms with Crippen LogP contribution in [0.3, 0.4) is 0 Å². The fourth-order valence-electron chi connectivity index (χ4n) is 0.735. The highest BCUT2D eigenvalue weighted by Gasteiger charge is 1.87. The van der Waals surface area contributed by atoms with E-state index in [9.17, 15) is 0 Å². The average molecular weight is 172 g/mol. The van der Waals surface area contributed by atoms with Gasteiger partial charge in [-0.3, -0.25) is 0 Å². The van der Waals surface area contributed by atoms with E-state index in [1.54, 1.807) is 0 Å². The number of hydrogen-bond donors (Lipinski definition) is 0. The Bertz CT molecular complexity index is 91.8. The fourth-order valence-corrected chi connectivity index (χ4v) is 0.735. The highest BCUT2D eigenvalue weighted by molar-refractivity contribution is 4.64. The molecule has 0 heterocycles. The minimum atomic E-state index is 0.706. The summed E-state index contributed by atoms with van der Waals surface area (Å²) in [4.78, 5) is 0. The summed E-state index contributed by atoms with van der Waals surface area (Å²) in [5.74, 6) is 0. The first-order valence-electron chi connectivity index (χ1n) is 4.68. The van der Waals surface area contributed by atoms with Crippen LogP contribution in [0.5, 0.6) is 0 Å². The molecule has 0 aromatic heterocycles. The summed E-state index contributed by atoms with van der Waals surface area (Å²) in [5.41, 5.74) is 0. The SMILES string of the molecule is C=CCCOCCOCCCC. The second-order valence-electron chi connectivity index (χ2n) is 2.66. The number of ether oxygens (including phenoxy) is 2. The average Bonchev–Trinajstić information content (AvgIpc) is 2.10. The monoisotopic (exact) mass is 172 g/mol. The van der Waals surface area contributed by atoms with E-state index in [4.69, 9.17) is 9.47 Å². The molecule has 0 rings (SSSR count). The van der Waals surface area contributed by atoms with Crippen LogP contribution < -0.4 is 0 Å². The normalized spacial score (nSPS) is 10.1. The Kier molecular flexibility index (Phi) is 10.4. The molecule has 2 nitrogen and oxygen atoms in total. The van der Waals surface area contributed by atoms with Crippen LogP contribution in [-0.4, -0.2) is 26.4 Å². The quantitative estimate of drug-likeness (QED) is 0.393. The highest BCUT2D eigenvalue weighted by Crippen LogP contribution is 1.88. The molecule has 0 aliphatic carbocycles. The first-order valence-corrected chi connectivity index (χ1v) is 4.68. The van der Waals surface area contributed by atoms with Crippen LogP contribution in [0.2, 0.25) is 0 Å². The van der Waals surface area contributed by atoms with Gasteiger partial charge in [-0.1, -0.05) is 19.4 Å². The highest BCUT2D eigenvalue weighted by atomic mass is 16.5. The van der Waals surface area contributed by atoms with E-state index < -0.39 is 0 Å². The van der Waals surface area contributed by atoms with Crippen molar-refractivity contribution >= 4 is 0 Å². The molecule has 0 radical (unpaired) electrons. The Morgan fingerprint density at radius 3 is 2.33 bits per heavy atom. The maximum Gasteiger partial charge on any atom is 0.0700 e. The molecule has 0 aliphatic heterocycles. The third-order valence-electron chi connectivity index (χ3n) is 1.48. The largest absolute Gasteiger partial charge is 0.379 e. The van der Waals surface area contributed by atoms with Crippen molar-refractivity contribution in [1.29, 1.82) is 0 Å². The molecule has 0 N–H and O–H groups in total. The lowest BCUT2D eigenvalue weighted by Crippen LogP contribution is -2.05. The second kappa shape index (κ2) is 10.7. The molecule has 0 saturated carbocycles. The van der Waals surface area contributed by atoms with Gasteiger partial charge in [0.25, 0.3) is 0 Å². The van der Waals surface area contributed by atoms with Crippen LogP contribution in [0.1, 0.15) is 26.2 Å². The summed E-state index contributed by atoms with van der Waals surface area (Å²) in [6.07, 6.45) is 5.12. The number of rotatable bonds is 9. The summed E-state index contributed by atoms with van der Waals surface area (Å²) in [6.45, 7) is 8.82. The summed E-state index contributed by atoms with van der Waals surface area (Å²) >= 11 is 0. The van der Waals surface area contributed by atoms with Gasteiger partial charge in [0, 0.05) is 6.61 Å². The smallest absolute Gasteiger partial charge is 0.0700 e. The van der Waals surface area contributed by atoms with Crippen molar-refractivity contribution in [3.63, 3.8) is 0 Å². The maximum absolute atomic E-state index is 5.30. The molecule has 0 aromatic rings. The van der Waals surface area contributed by atoms with E-state index in [1.807, 2.05) is 6.08 Å². The predicted octanol–water partition coefficient (Wildman–Crippen LogP) is 2.40. The fraction of sp³-hybridized carbons (Fsp3) is 0.800. The summed E-state index contributed by atoms with van der Waals surface area (Å²) < 4.78 is 10.6. The van der Waals surface area contributed by atoms with Gasteiger partial charge in [0.2, 0.25) is 0 Å². The predicted molar refractivity (Wildman–Crippen MR) is 51.4 cm³/mol. The van der Waals surface area contributed by atoms with E-state index in [0.29, 0.717) is 6.61 Å². The molecule has 0 aliphatic rings. The van der Waals surface area contributed by atoms with E-state index in [-0.39, 0.29) is 0 Å². The zero-order chi connectivity index (χ0) is 9.07. The lowest BCUT2D eigenvalue weighted by Gasteiger charge is -2.03. The molecule has 0 saturated heterocycles. The Morgan fingerprint density at radius 1 is 1.08 bits per heavy atom. The van der Waals surface area contributed by atoms with Crippen molar-refractivity contribution in [3.05, 3.63) is 12.7 Å². The minimum absolute atomic E-state index is 0.706. The van der Waals surface area contributed by atoms with Crippen molar-refractivity contribution < 1.29 is 9.47 Å². The van der Waals surface area contributed by atoms with Crippen LogP contribution >= 0.6 is 0 Å². The molecule has 0 aromatic carbocycles. The van der Waals surface area contributed by atoms with Crippen molar-refractivity contribution in [2.24, 2.45) is 0 Å². The molecule has 12 heavy (non-hydrogen) atoms. The lowest BCUT2D eigenvalue weighted by molar-refractivity contribution is 0.0484. The van der Waals surface area contributed by atoms with Gasteiger partial charge in [-0.05, 0) is 12.8 Å². The van der Waals surface area contributed by atoms with E-state index in [0.717, 1.165) is 32.7 Å². The van der Waals surface area contributed by atoms with Crippen molar-refractivity contribution in [1.82, 2.24) is 0 Å². The first kappa shape index (κ1) is 11.7.